The molecule has 0 saturated heterocycles. The van der Waals surface area contributed by atoms with Crippen LogP contribution in [-0.2, 0) is 19.2 Å². The second kappa shape index (κ2) is 8.79. The van der Waals surface area contributed by atoms with E-state index in [0.717, 1.165) is 0 Å². The first-order valence-corrected chi connectivity index (χ1v) is 5.01. The molecule has 0 aliphatic carbocycles. The van der Waals surface area contributed by atoms with Crippen molar-refractivity contribution in [3.8, 4) is 0 Å². The van der Waals surface area contributed by atoms with Crippen LogP contribution in [0.1, 0.15) is 0 Å². The smallest absolute Gasteiger partial charge is 0.332 e. The van der Waals surface area contributed by atoms with Crippen molar-refractivity contribution in [2.75, 3.05) is 31.8 Å². The Kier molecular flexibility index (Phi) is 8.30. The first-order valence-electron chi connectivity index (χ1n) is 3.86. The molecule has 7 heteroatoms. The van der Waals surface area contributed by atoms with E-state index < -0.39 is 12.6 Å². The van der Waals surface area contributed by atoms with Crippen LogP contribution < -0.4 is 5.48 Å². The predicted octanol–water partition coefficient (Wildman–Crippen LogP) is -0.502. The van der Waals surface area contributed by atoms with E-state index in [1.54, 1.807) is 7.11 Å². The number of carboxylic acid groups (broad SMARTS) is 1. The van der Waals surface area contributed by atoms with Crippen molar-refractivity contribution in [3.05, 3.63) is 0 Å². The van der Waals surface area contributed by atoms with Crippen LogP contribution in [0.3, 0.4) is 0 Å². The number of hydrogen-bond donors (Lipinski definition) is 2. The number of carbonyl (C=O) groups is 2. The van der Waals surface area contributed by atoms with E-state index >= 15 is 0 Å². The lowest BCUT2D eigenvalue weighted by Crippen LogP contribution is -2.28. The van der Waals surface area contributed by atoms with Gasteiger partial charge in [0.2, 0.25) is 0 Å². The maximum absolute atomic E-state index is 10.9. The lowest BCUT2D eigenvalue weighted by Gasteiger charge is -2.03. The number of ether oxygens (including phenoxy) is 1. The fourth-order valence-electron chi connectivity index (χ4n) is 0.515. The normalized spacial score (nSPS) is 9.79. The topological polar surface area (TPSA) is 84.9 Å². The number of methoxy groups -OCH3 is 1. The second-order valence-electron chi connectivity index (χ2n) is 2.25. The molecular formula is C7H13NO5S. The molecule has 6 nitrogen and oxygen atoms in total. The van der Waals surface area contributed by atoms with E-state index in [-0.39, 0.29) is 11.7 Å². The molecule has 0 bridgehead atoms. The van der Waals surface area contributed by atoms with Gasteiger partial charge in [-0.1, -0.05) is 0 Å². The molecule has 0 aromatic heterocycles. The molecule has 0 atom stereocenters. The van der Waals surface area contributed by atoms with Crippen molar-refractivity contribution in [2.24, 2.45) is 0 Å². The molecule has 0 rings (SSSR count). The van der Waals surface area contributed by atoms with Crippen LogP contribution in [-0.4, -0.2) is 48.8 Å². The number of aliphatic carboxylic acids is 1. The largest absolute Gasteiger partial charge is 0.479 e. The molecule has 0 saturated carbocycles. The van der Waals surface area contributed by atoms with Crippen LogP contribution in [0.4, 0.5) is 0 Å². The number of rotatable bonds is 8. The summed E-state index contributed by atoms with van der Waals surface area (Å²) in [4.78, 5) is 25.2. The molecule has 0 aromatic carbocycles. The molecule has 0 heterocycles. The molecule has 0 spiro atoms. The number of thioether (sulfide) groups is 1. The molecule has 1 amide bonds. The first kappa shape index (κ1) is 13.2. The van der Waals surface area contributed by atoms with Crippen LogP contribution >= 0.6 is 11.8 Å². The zero-order valence-corrected chi connectivity index (χ0v) is 8.63. The molecule has 0 aliphatic heterocycles. The van der Waals surface area contributed by atoms with E-state index in [1.807, 2.05) is 5.48 Å². The summed E-state index contributed by atoms with van der Waals surface area (Å²) in [7, 11) is 1.58. The van der Waals surface area contributed by atoms with Crippen molar-refractivity contribution in [3.63, 3.8) is 0 Å². The van der Waals surface area contributed by atoms with Crippen molar-refractivity contribution in [1.29, 1.82) is 0 Å². The minimum Gasteiger partial charge on any atom is -0.479 e. The Morgan fingerprint density at radius 2 is 2.21 bits per heavy atom. The average molecular weight is 223 g/mol. The van der Waals surface area contributed by atoms with E-state index in [4.69, 9.17) is 9.84 Å². The Morgan fingerprint density at radius 3 is 2.79 bits per heavy atom. The Hall–Kier alpha value is -0.790. The third-order valence-corrected chi connectivity index (χ3v) is 1.97. The molecule has 14 heavy (non-hydrogen) atoms. The van der Waals surface area contributed by atoms with Crippen LogP contribution in [0, 0.1) is 0 Å². The summed E-state index contributed by atoms with van der Waals surface area (Å²) in [5.41, 5.74) is 2.01. The van der Waals surface area contributed by atoms with Gasteiger partial charge in [-0.25, -0.2) is 10.3 Å². The average Bonchev–Trinajstić information content (AvgIpc) is 2.12. The van der Waals surface area contributed by atoms with E-state index in [2.05, 4.69) is 4.84 Å². The van der Waals surface area contributed by atoms with Gasteiger partial charge in [0.25, 0.3) is 5.91 Å². The highest BCUT2D eigenvalue weighted by molar-refractivity contribution is 7.99. The number of carbonyl (C=O) groups excluding carboxylic acids is 1. The third kappa shape index (κ3) is 9.30. The summed E-state index contributed by atoms with van der Waals surface area (Å²) >= 11 is 1.38. The number of nitrogens with one attached hydrogen (secondary N) is 1. The third-order valence-electron chi connectivity index (χ3n) is 1.05. The molecule has 0 fully saturated rings. The van der Waals surface area contributed by atoms with Crippen LogP contribution in [0.5, 0.6) is 0 Å². The highest BCUT2D eigenvalue weighted by atomic mass is 32.2. The Morgan fingerprint density at radius 1 is 1.50 bits per heavy atom. The first-order chi connectivity index (χ1) is 6.66. The zero-order valence-electron chi connectivity index (χ0n) is 7.82. The Balaban J connectivity index is 3.24. The number of hydroxylamine groups is 1. The number of amides is 1. The summed E-state index contributed by atoms with van der Waals surface area (Å²) in [6, 6.07) is 0. The molecule has 2 N–H and O–H groups in total. The second-order valence-corrected chi connectivity index (χ2v) is 3.36. The predicted molar refractivity (Wildman–Crippen MR) is 50.9 cm³/mol. The Bertz CT molecular complexity index is 187. The van der Waals surface area contributed by atoms with Crippen molar-refractivity contribution in [1.82, 2.24) is 5.48 Å². The minimum absolute atomic E-state index is 0.225. The summed E-state index contributed by atoms with van der Waals surface area (Å²) in [6.07, 6.45) is 0. The quantitative estimate of drug-likeness (QED) is 0.426. The molecular weight excluding hydrogens is 210 g/mol. The molecule has 0 aromatic rings. The summed E-state index contributed by atoms with van der Waals surface area (Å²) in [5.74, 6) is -0.545. The van der Waals surface area contributed by atoms with Crippen molar-refractivity contribution in [2.45, 2.75) is 0 Å². The SMILES string of the molecule is COCCSCC(=O)NOCC(=O)O. The summed E-state index contributed by atoms with van der Waals surface area (Å²) in [6.45, 7) is 0.0441. The lowest BCUT2D eigenvalue weighted by molar-refractivity contribution is -0.148. The monoisotopic (exact) mass is 223 g/mol. The van der Waals surface area contributed by atoms with Gasteiger partial charge in [0.05, 0.1) is 12.4 Å². The molecule has 82 valence electrons. The number of carboxylic acids is 1. The van der Waals surface area contributed by atoms with Gasteiger partial charge in [0.15, 0.2) is 6.61 Å². The molecule has 0 aliphatic rings. The standard InChI is InChI=1S/C7H13NO5S/c1-12-2-3-14-5-6(9)8-13-4-7(10)11/h2-5H2,1H3,(H,8,9)(H,10,11). The van der Waals surface area contributed by atoms with Gasteiger partial charge in [0, 0.05) is 12.9 Å². The van der Waals surface area contributed by atoms with Crippen molar-refractivity contribution < 1.29 is 24.3 Å². The van der Waals surface area contributed by atoms with Crippen LogP contribution in [0.2, 0.25) is 0 Å². The fraction of sp³-hybridized carbons (Fsp3) is 0.714. The summed E-state index contributed by atoms with van der Waals surface area (Å²) < 4.78 is 4.77. The van der Waals surface area contributed by atoms with Crippen molar-refractivity contribution >= 4 is 23.6 Å². The van der Waals surface area contributed by atoms with Gasteiger partial charge in [-0.15, -0.1) is 11.8 Å². The van der Waals surface area contributed by atoms with E-state index in [1.165, 1.54) is 11.8 Å². The van der Waals surface area contributed by atoms with E-state index in [0.29, 0.717) is 12.4 Å². The van der Waals surface area contributed by atoms with Gasteiger partial charge in [-0.05, 0) is 0 Å². The zero-order chi connectivity index (χ0) is 10.8. The maximum atomic E-state index is 10.9. The van der Waals surface area contributed by atoms with Gasteiger partial charge in [0.1, 0.15) is 0 Å². The summed E-state index contributed by atoms with van der Waals surface area (Å²) in [5, 5.41) is 8.17. The Labute approximate surface area is 85.9 Å². The maximum Gasteiger partial charge on any atom is 0.332 e. The minimum atomic E-state index is -1.13. The van der Waals surface area contributed by atoms with Crippen LogP contribution in [0.15, 0.2) is 0 Å². The molecule has 0 radical (unpaired) electrons. The highest BCUT2D eigenvalue weighted by Crippen LogP contribution is 1.97. The van der Waals surface area contributed by atoms with Gasteiger partial charge < -0.3 is 9.84 Å². The number of hydrogen-bond acceptors (Lipinski definition) is 5. The van der Waals surface area contributed by atoms with Crippen LogP contribution in [0.25, 0.3) is 0 Å². The fourth-order valence-corrected chi connectivity index (χ4v) is 1.19. The van der Waals surface area contributed by atoms with Gasteiger partial charge in [-0.3, -0.25) is 9.63 Å². The van der Waals surface area contributed by atoms with Gasteiger partial charge in [-0.2, -0.15) is 0 Å². The molecule has 0 unspecified atom stereocenters. The van der Waals surface area contributed by atoms with E-state index in [9.17, 15) is 9.59 Å². The highest BCUT2D eigenvalue weighted by Gasteiger charge is 2.02. The lowest BCUT2D eigenvalue weighted by atomic mass is 10.7. The van der Waals surface area contributed by atoms with Gasteiger partial charge >= 0.3 is 5.97 Å².